The second-order valence-corrected chi connectivity index (χ2v) is 8.04. The summed E-state index contributed by atoms with van der Waals surface area (Å²) in [5, 5.41) is 0. The van der Waals surface area contributed by atoms with E-state index in [1.807, 2.05) is 6.92 Å². The third-order valence-electron chi connectivity index (χ3n) is 5.95. The van der Waals surface area contributed by atoms with E-state index in [1.54, 1.807) is 0 Å². The fourth-order valence-electron chi connectivity index (χ4n) is 4.33. The van der Waals surface area contributed by atoms with Gasteiger partial charge in [0, 0.05) is 53.3 Å². The first-order valence-electron chi connectivity index (χ1n) is 10.6. The molecule has 1 fully saturated rings. The minimum absolute atomic E-state index is 0. The summed E-state index contributed by atoms with van der Waals surface area (Å²) >= 11 is 0. The zero-order valence-corrected chi connectivity index (χ0v) is 21.1. The van der Waals surface area contributed by atoms with Crippen LogP contribution >= 0.6 is 0 Å². The van der Waals surface area contributed by atoms with Gasteiger partial charge in [-0.1, -0.05) is 32.3 Å². The monoisotopic (exact) mass is 556 g/mol. The molecule has 0 N–H and O–H groups in total. The van der Waals surface area contributed by atoms with Gasteiger partial charge in [-0.2, -0.15) is 26.0 Å². The number of unbranched alkanes of at least 4 members (excludes halogenated alkanes) is 1. The number of hydrogen-bond donors (Lipinski definition) is 0. The maximum atomic E-state index is 14.9. The van der Waals surface area contributed by atoms with E-state index in [4.69, 9.17) is 4.74 Å². The van der Waals surface area contributed by atoms with Crippen molar-refractivity contribution in [2.24, 2.45) is 5.92 Å². The van der Waals surface area contributed by atoms with E-state index in [0.717, 1.165) is 38.5 Å². The summed E-state index contributed by atoms with van der Waals surface area (Å²) < 4.78 is 76.2. The van der Waals surface area contributed by atoms with Crippen molar-refractivity contribution in [1.29, 1.82) is 0 Å². The van der Waals surface area contributed by atoms with Crippen LogP contribution in [0.1, 0.15) is 75.0 Å². The molecule has 30 heavy (non-hydrogen) atoms. The molecular weight excluding hydrogens is 528 g/mol. The van der Waals surface area contributed by atoms with Gasteiger partial charge in [0.05, 0.1) is 6.61 Å². The molecule has 2 aliphatic rings. The first-order valence-corrected chi connectivity index (χ1v) is 10.6. The zero-order valence-electron chi connectivity index (χ0n) is 17.4. The molecule has 165 valence electrons. The Bertz CT molecular complexity index is 751. The summed E-state index contributed by atoms with van der Waals surface area (Å²) in [5.74, 6) is -2.36. The number of fused-ring (bicyclic) bond motifs is 1. The van der Waals surface area contributed by atoms with E-state index in [2.05, 4.69) is 6.42 Å². The van der Waals surface area contributed by atoms with Crippen LogP contribution in [0.25, 0.3) is 5.57 Å². The molecule has 1 aromatic carbocycles. The van der Waals surface area contributed by atoms with E-state index >= 15 is 0 Å². The van der Waals surface area contributed by atoms with Crippen molar-refractivity contribution >= 4 is 5.57 Å². The van der Waals surface area contributed by atoms with E-state index in [-0.39, 0.29) is 77.6 Å². The molecule has 0 heterocycles. The van der Waals surface area contributed by atoms with Gasteiger partial charge in [-0.25, -0.2) is 8.78 Å². The van der Waals surface area contributed by atoms with Gasteiger partial charge in [0.25, 0.3) is 0 Å². The number of alkyl halides is 3. The van der Waals surface area contributed by atoms with E-state index in [1.165, 1.54) is 6.07 Å². The predicted octanol–water partition coefficient (Wildman–Crippen LogP) is 7.33. The van der Waals surface area contributed by atoms with Crippen LogP contribution in [0.3, 0.4) is 0 Å². The van der Waals surface area contributed by atoms with Gasteiger partial charge < -0.3 is 11.2 Å². The molecular formula is C23H28F5OPr-. The van der Waals surface area contributed by atoms with Crippen molar-refractivity contribution in [3.8, 4) is 0 Å². The summed E-state index contributed by atoms with van der Waals surface area (Å²) in [6.45, 7) is 2.04. The Morgan fingerprint density at radius 3 is 2.43 bits per heavy atom. The van der Waals surface area contributed by atoms with Crippen LogP contribution in [-0.2, 0) is 17.6 Å². The third kappa shape index (κ3) is 6.18. The second kappa shape index (κ2) is 11.6. The standard InChI is InChI=1S/C23H28F5O.Pr/c1-2-3-13-29-18-12-11-16-14-17(10-9-15-7-5-4-6-8-15)21(24)22(25)19(16)20(18)23(26,27)28;/h4,14-15H,2-3,5-13H2,1H3;/q-1;. The van der Waals surface area contributed by atoms with Crippen LogP contribution in [-0.4, -0.2) is 12.8 Å². The van der Waals surface area contributed by atoms with Gasteiger partial charge >= 0.3 is 6.18 Å². The predicted molar refractivity (Wildman–Crippen MR) is 103 cm³/mol. The maximum absolute atomic E-state index is 14.9. The Morgan fingerprint density at radius 1 is 1.10 bits per heavy atom. The van der Waals surface area contributed by atoms with Crippen molar-refractivity contribution in [3.63, 3.8) is 0 Å². The average Bonchev–Trinajstić information content (AvgIpc) is 2.69. The third-order valence-corrected chi connectivity index (χ3v) is 5.95. The number of allylic oxidation sites excluding steroid dienone is 2. The molecule has 0 aliphatic heterocycles. The quantitative estimate of drug-likeness (QED) is 0.194. The number of hydrogen-bond acceptors (Lipinski definition) is 1. The van der Waals surface area contributed by atoms with Crippen LogP contribution in [0, 0.1) is 65.3 Å². The molecule has 0 amide bonds. The van der Waals surface area contributed by atoms with Crippen molar-refractivity contribution in [2.45, 2.75) is 77.3 Å². The Kier molecular flexibility index (Phi) is 10.1. The molecule has 1 saturated carbocycles. The molecule has 2 aliphatic carbocycles. The average molecular weight is 556 g/mol. The Balaban J connectivity index is 0.00000320. The summed E-state index contributed by atoms with van der Waals surface area (Å²) in [7, 11) is 0. The number of benzene rings is 1. The van der Waals surface area contributed by atoms with Crippen LogP contribution in [0.5, 0.6) is 0 Å². The normalized spacial score (nSPS) is 17.5. The molecule has 0 bridgehead atoms. The summed E-state index contributed by atoms with van der Waals surface area (Å²) in [5.41, 5.74) is -1.40. The molecule has 1 radical (unpaired) electrons. The topological polar surface area (TPSA) is 9.23 Å². The van der Waals surface area contributed by atoms with Gasteiger partial charge in [0.2, 0.25) is 0 Å². The summed E-state index contributed by atoms with van der Waals surface area (Å²) in [6.07, 6.45) is 4.31. The van der Waals surface area contributed by atoms with Gasteiger partial charge in [-0.15, -0.1) is 0 Å². The zero-order chi connectivity index (χ0) is 21.0. The largest absolute Gasteiger partial charge is 0.497 e. The molecule has 3 rings (SSSR count). The maximum Gasteiger partial charge on any atom is 0.420 e. The van der Waals surface area contributed by atoms with E-state index in [0.29, 0.717) is 18.8 Å². The smallest absolute Gasteiger partial charge is 0.420 e. The molecule has 0 aromatic heterocycles. The van der Waals surface area contributed by atoms with Gasteiger partial charge in [0.1, 0.15) is 11.3 Å². The van der Waals surface area contributed by atoms with Gasteiger partial charge in [-0.05, 0) is 42.7 Å². The minimum Gasteiger partial charge on any atom is -0.497 e. The van der Waals surface area contributed by atoms with E-state index in [9.17, 15) is 22.0 Å². The summed E-state index contributed by atoms with van der Waals surface area (Å²) in [4.78, 5) is 0. The number of aryl methyl sites for hydroxylation is 2. The van der Waals surface area contributed by atoms with E-state index < -0.39 is 28.9 Å². The first-order chi connectivity index (χ1) is 13.8. The molecule has 0 unspecified atom stereocenters. The van der Waals surface area contributed by atoms with Crippen LogP contribution < -0.4 is 0 Å². The Labute approximate surface area is 208 Å². The Hall–Kier alpha value is -0.226. The van der Waals surface area contributed by atoms with Crippen molar-refractivity contribution in [1.82, 2.24) is 0 Å². The van der Waals surface area contributed by atoms with Gasteiger partial charge in [-0.3, -0.25) is 0 Å². The fourth-order valence-corrected chi connectivity index (χ4v) is 4.33. The van der Waals surface area contributed by atoms with Crippen molar-refractivity contribution in [3.05, 3.63) is 46.6 Å². The van der Waals surface area contributed by atoms with Crippen LogP contribution in [0.15, 0.2) is 11.8 Å². The second-order valence-electron chi connectivity index (χ2n) is 8.04. The molecule has 0 saturated heterocycles. The fraction of sp³-hybridized carbons (Fsp3) is 0.609. The summed E-state index contributed by atoms with van der Waals surface area (Å²) in [6, 6.07) is 1.44. The molecule has 7 heteroatoms. The Morgan fingerprint density at radius 2 is 1.80 bits per heavy atom. The molecule has 0 spiro atoms. The molecule has 1 nitrogen and oxygen atoms in total. The minimum atomic E-state index is -4.80. The van der Waals surface area contributed by atoms with Crippen molar-refractivity contribution < 1.29 is 68.0 Å². The van der Waals surface area contributed by atoms with Crippen LogP contribution in [0.4, 0.5) is 22.0 Å². The number of ether oxygens (including phenoxy) is 1. The van der Waals surface area contributed by atoms with Gasteiger partial charge in [0.15, 0.2) is 11.6 Å². The first kappa shape index (κ1) is 26.0. The van der Waals surface area contributed by atoms with Crippen molar-refractivity contribution in [2.75, 3.05) is 6.61 Å². The SMILES string of the molecule is CCCCOC1=C(C(F)(F)F)c2c(cc(CCC3CC[CH-]CC3)c(F)c2F)CC1.[Pr]. The van der Waals surface area contributed by atoms with Crippen LogP contribution in [0.2, 0.25) is 0 Å². The number of rotatable bonds is 7. The number of halogens is 5. The molecule has 1 aromatic rings. The molecule has 0 atom stereocenters.